The van der Waals surface area contributed by atoms with Crippen LogP contribution in [0.1, 0.15) is 23.6 Å². The van der Waals surface area contributed by atoms with Gasteiger partial charge in [0.25, 0.3) is 0 Å². The molecule has 0 aliphatic rings. The second-order valence-corrected chi connectivity index (χ2v) is 6.47. The Kier molecular flexibility index (Phi) is 6.29. The van der Waals surface area contributed by atoms with Crippen molar-refractivity contribution < 1.29 is 22.4 Å². The number of nitrogens with zero attached hydrogens (tertiary/aromatic N) is 3. The molecule has 2 aromatic carbocycles. The Hall–Kier alpha value is -3.08. The molecular formula is C20H19F4N3O. The van der Waals surface area contributed by atoms with E-state index >= 15 is 0 Å². The first kappa shape index (κ1) is 21.2. The van der Waals surface area contributed by atoms with E-state index in [4.69, 9.17) is 5.26 Å². The second-order valence-electron chi connectivity index (χ2n) is 6.47. The van der Waals surface area contributed by atoms with Gasteiger partial charge in [0.2, 0.25) is 5.91 Å². The summed E-state index contributed by atoms with van der Waals surface area (Å²) in [5.41, 5.74) is -1.32. The molecule has 0 unspecified atom stereocenters. The van der Waals surface area contributed by atoms with Crippen molar-refractivity contribution in [3.63, 3.8) is 0 Å². The fraction of sp³-hybridized carbons (Fsp3) is 0.300. The van der Waals surface area contributed by atoms with E-state index in [1.807, 2.05) is 0 Å². The molecule has 4 nitrogen and oxygen atoms in total. The summed E-state index contributed by atoms with van der Waals surface area (Å²) in [5, 5.41) is 8.98. The molecule has 0 spiro atoms. The van der Waals surface area contributed by atoms with E-state index in [0.29, 0.717) is 0 Å². The highest BCUT2D eigenvalue weighted by atomic mass is 19.4. The molecule has 1 amide bonds. The molecular weight excluding hydrogens is 374 g/mol. The minimum absolute atomic E-state index is 0.0669. The maximum atomic E-state index is 14.1. The van der Waals surface area contributed by atoms with Crippen LogP contribution in [0.3, 0.4) is 0 Å². The summed E-state index contributed by atoms with van der Waals surface area (Å²) in [5.74, 6) is -0.879. The first-order valence-electron chi connectivity index (χ1n) is 8.38. The number of likely N-dealkylation sites (N-methyl/N-ethyl adjacent to an activating group) is 1. The number of hydrogen-bond acceptors (Lipinski definition) is 3. The zero-order chi connectivity index (χ0) is 21.1. The third-order valence-electron chi connectivity index (χ3n) is 4.32. The fourth-order valence-electron chi connectivity index (χ4n) is 2.81. The van der Waals surface area contributed by atoms with Crippen LogP contribution in [0, 0.1) is 17.1 Å². The highest BCUT2D eigenvalue weighted by molar-refractivity contribution is 5.84. The summed E-state index contributed by atoms with van der Waals surface area (Å²) in [6.45, 7) is 1.42. The summed E-state index contributed by atoms with van der Waals surface area (Å²) in [4.78, 5) is 15.2. The van der Waals surface area contributed by atoms with Crippen LogP contribution in [0.4, 0.5) is 23.2 Å². The average molecular weight is 393 g/mol. The molecule has 0 N–H and O–H groups in total. The van der Waals surface area contributed by atoms with E-state index in [1.165, 1.54) is 61.2 Å². The number of rotatable bonds is 5. The normalized spacial score (nSPS) is 12.2. The Bertz CT molecular complexity index is 903. The lowest BCUT2D eigenvalue weighted by Gasteiger charge is -2.32. The van der Waals surface area contributed by atoms with Crippen LogP contribution in [0.25, 0.3) is 0 Å². The number of carbonyl (C=O) groups is 1. The first-order valence-corrected chi connectivity index (χ1v) is 8.38. The van der Waals surface area contributed by atoms with Gasteiger partial charge in [-0.2, -0.15) is 18.4 Å². The molecule has 28 heavy (non-hydrogen) atoms. The summed E-state index contributed by atoms with van der Waals surface area (Å²) < 4.78 is 54.2. The molecule has 0 aliphatic carbocycles. The van der Waals surface area contributed by atoms with Crippen LogP contribution in [0.15, 0.2) is 42.5 Å². The van der Waals surface area contributed by atoms with Crippen LogP contribution in [-0.4, -0.2) is 30.9 Å². The Morgan fingerprint density at radius 2 is 1.82 bits per heavy atom. The SMILES string of the molecule is C[C@@H](C(=O)N(C)C)N(Cc1ccccc1F)c1ccc(C#N)c(C(F)(F)F)c1. The summed E-state index contributed by atoms with van der Waals surface area (Å²) in [6.07, 6.45) is -4.74. The van der Waals surface area contributed by atoms with Gasteiger partial charge >= 0.3 is 6.18 Å². The number of amides is 1. The largest absolute Gasteiger partial charge is 0.417 e. The Morgan fingerprint density at radius 1 is 1.18 bits per heavy atom. The summed E-state index contributed by atoms with van der Waals surface area (Å²) in [6, 6.07) is 9.72. The Labute approximate surface area is 160 Å². The molecule has 2 aromatic rings. The van der Waals surface area contributed by atoms with Gasteiger partial charge in [0.05, 0.1) is 17.2 Å². The van der Waals surface area contributed by atoms with Crippen molar-refractivity contribution in [1.29, 1.82) is 5.26 Å². The number of carbonyl (C=O) groups excluding carboxylic acids is 1. The van der Waals surface area contributed by atoms with E-state index in [1.54, 1.807) is 6.07 Å². The monoisotopic (exact) mass is 393 g/mol. The number of nitriles is 1. The molecule has 2 rings (SSSR count). The van der Waals surface area contributed by atoms with Crippen molar-refractivity contribution in [2.24, 2.45) is 0 Å². The lowest BCUT2D eigenvalue weighted by molar-refractivity contribution is -0.137. The van der Waals surface area contributed by atoms with Gasteiger partial charge in [-0.1, -0.05) is 18.2 Å². The Balaban J connectivity index is 2.57. The van der Waals surface area contributed by atoms with E-state index in [2.05, 4.69) is 0 Å². The highest BCUT2D eigenvalue weighted by Crippen LogP contribution is 2.35. The number of benzene rings is 2. The van der Waals surface area contributed by atoms with Gasteiger partial charge in [-0.3, -0.25) is 4.79 Å². The maximum Gasteiger partial charge on any atom is 0.417 e. The van der Waals surface area contributed by atoms with Gasteiger partial charge in [-0.05, 0) is 31.2 Å². The van der Waals surface area contributed by atoms with Crippen LogP contribution in [0.5, 0.6) is 0 Å². The Morgan fingerprint density at radius 3 is 2.36 bits per heavy atom. The van der Waals surface area contributed by atoms with Crippen LogP contribution < -0.4 is 4.90 Å². The summed E-state index contributed by atoms with van der Waals surface area (Å²) in [7, 11) is 3.06. The number of alkyl halides is 3. The predicted molar refractivity (Wildman–Crippen MR) is 96.9 cm³/mol. The quantitative estimate of drug-likeness (QED) is 0.716. The zero-order valence-electron chi connectivity index (χ0n) is 15.6. The molecule has 1 atom stereocenters. The lowest BCUT2D eigenvalue weighted by Crippen LogP contribution is -2.44. The predicted octanol–water partition coefficient (Wildman–Crippen LogP) is 4.20. The fourth-order valence-corrected chi connectivity index (χ4v) is 2.81. The van der Waals surface area contributed by atoms with E-state index < -0.39 is 29.2 Å². The minimum Gasteiger partial charge on any atom is -0.355 e. The molecule has 0 saturated heterocycles. The van der Waals surface area contributed by atoms with Crippen LogP contribution in [-0.2, 0) is 17.5 Å². The number of halogens is 4. The van der Waals surface area contributed by atoms with Crippen LogP contribution in [0.2, 0.25) is 0 Å². The number of hydrogen-bond donors (Lipinski definition) is 0. The molecule has 0 bridgehead atoms. The van der Waals surface area contributed by atoms with Gasteiger partial charge in [-0.15, -0.1) is 0 Å². The number of anilines is 1. The van der Waals surface area contributed by atoms with Crippen molar-refractivity contribution in [2.45, 2.75) is 25.7 Å². The van der Waals surface area contributed by atoms with Crippen molar-refractivity contribution in [3.8, 4) is 6.07 Å². The van der Waals surface area contributed by atoms with Gasteiger partial charge < -0.3 is 9.80 Å². The molecule has 8 heteroatoms. The third kappa shape index (κ3) is 4.60. The first-order chi connectivity index (χ1) is 13.1. The van der Waals surface area contributed by atoms with Gasteiger partial charge in [0.1, 0.15) is 11.9 Å². The molecule has 0 aromatic heterocycles. The van der Waals surface area contributed by atoms with Gasteiger partial charge in [0, 0.05) is 31.9 Å². The van der Waals surface area contributed by atoms with Crippen LogP contribution >= 0.6 is 0 Å². The molecule has 0 heterocycles. The van der Waals surface area contributed by atoms with E-state index in [9.17, 15) is 22.4 Å². The smallest absolute Gasteiger partial charge is 0.355 e. The highest BCUT2D eigenvalue weighted by Gasteiger charge is 2.35. The van der Waals surface area contributed by atoms with E-state index in [-0.39, 0.29) is 23.7 Å². The molecule has 0 radical (unpaired) electrons. The lowest BCUT2D eigenvalue weighted by atomic mass is 10.0. The zero-order valence-corrected chi connectivity index (χ0v) is 15.6. The third-order valence-corrected chi connectivity index (χ3v) is 4.32. The van der Waals surface area contributed by atoms with E-state index in [0.717, 1.165) is 12.1 Å². The average Bonchev–Trinajstić information content (AvgIpc) is 2.65. The molecule has 0 aliphatic heterocycles. The second kappa shape index (κ2) is 8.30. The standard InChI is InChI=1S/C20H19F4N3O/c1-13(19(28)26(2)3)27(12-15-6-4-5-7-18(15)21)16-9-8-14(11-25)17(10-16)20(22,23)24/h4-10,13H,12H2,1-3H3/t13-/m0/s1. The van der Waals surface area contributed by atoms with Gasteiger partial charge in [0.15, 0.2) is 0 Å². The van der Waals surface area contributed by atoms with Crippen molar-refractivity contribution in [3.05, 3.63) is 65.0 Å². The molecule has 0 fully saturated rings. The van der Waals surface area contributed by atoms with Crippen molar-refractivity contribution in [1.82, 2.24) is 4.90 Å². The summed E-state index contributed by atoms with van der Waals surface area (Å²) >= 11 is 0. The topological polar surface area (TPSA) is 47.3 Å². The van der Waals surface area contributed by atoms with Crippen molar-refractivity contribution >= 4 is 11.6 Å². The van der Waals surface area contributed by atoms with Gasteiger partial charge in [-0.25, -0.2) is 4.39 Å². The minimum atomic E-state index is -4.74. The maximum absolute atomic E-state index is 14.1. The van der Waals surface area contributed by atoms with Crippen molar-refractivity contribution in [2.75, 3.05) is 19.0 Å². The molecule has 148 valence electrons. The molecule has 0 saturated carbocycles.